The molecule has 170 valence electrons. The summed E-state index contributed by atoms with van der Waals surface area (Å²) in [6, 6.07) is 14.9. The van der Waals surface area contributed by atoms with Gasteiger partial charge >= 0.3 is 0 Å². The van der Waals surface area contributed by atoms with Gasteiger partial charge < -0.3 is 10.2 Å². The number of fused-ring (bicyclic) bond motifs is 1. The average Bonchev–Trinajstić information content (AvgIpc) is 3.73. The minimum absolute atomic E-state index is 0.0502. The van der Waals surface area contributed by atoms with E-state index in [9.17, 15) is 14.4 Å². The van der Waals surface area contributed by atoms with E-state index in [2.05, 4.69) is 10.4 Å². The van der Waals surface area contributed by atoms with Gasteiger partial charge in [0.05, 0.1) is 11.4 Å². The number of benzene rings is 2. The van der Waals surface area contributed by atoms with Gasteiger partial charge in [0.2, 0.25) is 0 Å². The van der Waals surface area contributed by atoms with Gasteiger partial charge in [0.1, 0.15) is 0 Å². The van der Waals surface area contributed by atoms with E-state index in [4.69, 9.17) is 0 Å². The van der Waals surface area contributed by atoms with E-state index in [1.807, 2.05) is 55.1 Å². The molecule has 0 atom stereocenters. The van der Waals surface area contributed by atoms with Crippen molar-refractivity contribution in [3.8, 4) is 0 Å². The smallest absolute Gasteiger partial charge is 0.275 e. The lowest BCUT2D eigenvalue weighted by Gasteiger charge is -2.23. The highest BCUT2D eigenvalue weighted by Gasteiger charge is 2.35. The molecule has 2 aliphatic rings. The Morgan fingerprint density at radius 3 is 2.30 bits per heavy atom. The molecular formula is C26H28N4O3. The number of rotatable bonds is 7. The van der Waals surface area contributed by atoms with E-state index in [1.165, 1.54) is 4.68 Å². The van der Waals surface area contributed by atoms with Gasteiger partial charge in [-0.3, -0.25) is 14.4 Å². The van der Waals surface area contributed by atoms with Crippen LogP contribution in [0.5, 0.6) is 0 Å². The molecule has 2 fully saturated rings. The lowest BCUT2D eigenvalue weighted by Crippen LogP contribution is -2.36. The summed E-state index contributed by atoms with van der Waals surface area (Å²) in [5.74, 6) is -0.218. The van der Waals surface area contributed by atoms with Gasteiger partial charge in [-0.05, 0) is 63.3 Å². The van der Waals surface area contributed by atoms with Crippen molar-refractivity contribution in [3.05, 3.63) is 75.7 Å². The van der Waals surface area contributed by atoms with Crippen LogP contribution in [0.2, 0.25) is 0 Å². The highest BCUT2D eigenvalue weighted by Crippen LogP contribution is 2.31. The summed E-state index contributed by atoms with van der Waals surface area (Å²) < 4.78 is 1.40. The molecule has 1 N–H and O–H groups in total. The number of hydrogen-bond donors (Lipinski definition) is 1. The third-order valence-electron chi connectivity index (χ3n) is 6.25. The first-order valence-corrected chi connectivity index (χ1v) is 11.6. The summed E-state index contributed by atoms with van der Waals surface area (Å²) in [4.78, 5) is 40.7. The van der Waals surface area contributed by atoms with Crippen LogP contribution in [0, 0.1) is 0 Å². The molecule has 0 spiro atoms. The highest BCUT2D eigenvalue weighted by atomic mass is 16.2. The number of nitrogens with one attached hydrogen (secondary N) is 1. The maximum atomic E-state index is 13.7. The van der Waals surface area contributed by atoms with Crippen molar-refractivity contribution in [3.63, 3.8) is 0 Å². The van der Waals surface area contributed by atoms with Gasteiger partial charge in [-0.2, -0.15) is 5.10 Å². The van der Waals surface area contributed by atoms with Crippen LogP contribution < -0.4 is 10.9 Å². The molecule has 2 amide bonds. The molecule has 5 rings (SSSR count). The number of amides is 2. The second-order valence-corrected chi connectivity index (χ2v) is 9.35. The summed E-state index contributed by atoms with van der Waals surface area (Å²) in [6.45, 7) is 4.21. The van der Waals surface area contributed by atoms with Gasteiger partial charge in [-0.1, -0.05) is 30.3 Å². The van der Waals surface area contributed by atoms with E-state index in [1.54, 1.807) is 12.1 Å². The Morgan fingerprint density at radius 2 is 1.70 bits per heavy atom. The van der Waals surface area contributed by atoms with Crippen LogP contribution in [0.15, 0.2) is 53.3 Å². The maximum absolute atomic E-state index is 13.7. The van der Waals surface area contributed by atoms with E-state index in [-0.39, 0.29) is 29.5 Å². The van der Waals surface area contributed by atoms with E-state index in [0.717, 1.165) is 31.2 Å². The molecule has 0 radical (unpaired) electrons. The van der Waals surface area contributed by atoms with Crippen molar-refractivity contribution in [2.45, 2.75) is 64.2 Å². The predicted molar refractivity (Wildman–Crippen MR) is 126 cm³/mol. The number of hydrogen-bond acceptors (Lipinski definition) is 4. The van der Waals surface area contributed by atoms with E-state index in [0.29, 0.717) is 34.6 Å². The fraction of sp³-hybridized carbons (Fsp3) is 0.385. The monoisotopic (exact) mass is 444 g/mol. The van der Waals surface area contributed by atoms with Crippen LogP contribution >= 0.6 is 0 Å². The number of nitrogens with zero attached hydrogens (tertiary/aromatic N) is 3. The minimum atomic E-state index is -0.185. The first kappa shape index (κ1) is 21.4. The molecule has 0 saturated heterocycles. The molecule has 7 nitrogen and oxygen atoms in total. The largest absolute Gasteiger partial charge is 0.349 e. The van der Waals surface area contributed by atoms with Crippen molar-refractivity contribution in [1.82, 2.24) is 20.0 Å². The van der Waals surface area contributed by atoms with Crippen LogP contribution in [0.25, 0.3) is 10.8 Å². The quantitative estimate of drug-likeness (QED) is 0.603. The number of carbonyl (C=O) groups is 2. The van der Waals surface area contributed by atoms with Gasteiger partial charge in [0, 0.05) is 29.6 Å². The number of carbonyl (C=O) groups excluding carboxylic acids is 2. The zero-order chi connectivity index (χ0) is 23.1. The lowest BCUT2D eigenvalue weighted by molar-refractivity contribution is 0.0722. The van der Waals surface area contributed by atoms with Crippen molar-refractivity contribution < 1.29 is 9.59 Å². The summed E-state index contributed by atoms with van der Waals surface area (Å²) in [6.07, 6.45) is 4.01. The molecule has 0 bridgehead atoms. The van der Waals surface area contributed by atoms with Gasteiger partial charge in [0.25, 0.3) is 17.4 Å². The van der Waals surface area contributed by atoms with Crippen molar-refractivity contribution >= 4 is 22.6 Å². The SMILES string of the molecule is CC(C)n1nc(C(=O)N(Cc2ccc(C(=O)NC3CC3)cc2)C2CC2)c2ccccc2c1=O. The van der Waals surface area contributed by atoms with Crippen molar-refractivity contribution in [2.24, 2.45) is 0 Å². The van der Waals surface area contributed by atoms with Gasteiger partial charge in [-0.15, -0.1) is 0 Å². The summed E-state index contributed by atoms with van der Waals surface area (Å²) in [7, 11) is 0. The Labute approximate surface area is 192 Å². The second-order valence-electron chi connectivity index (χ2n) is 9.35. The molecule has 0 aliphatic heterocycles. The molecule has 2 aliphatic carbocycles. The zero-order valence-corrected chi connectivity index (χ0v) is 19.0. The van der Waals surface area contributed by atoms with Crippen LogP contribution in [-0.2, 0) is 6.54 Å². The first-order chi connectivity index (χ1) is 15.9. The standard InChI is InChI=1S/C26H28N4O3/c1-16(2)30-25(32)22-6-4-3-5-21(22)23(28-30)26(33)29(20-13-14-20)15-17-7-9-18(10-8-17)24(31)27-19-11-12-19/h3-10,16,19-20H,11-15H2,1-2H3,(H,27,31). The van der Waals surface area contributed by atoms with Crippen LogP contribution in [0.3, 0.4) is 0 Å². The minimum Gasteiger partial charge on any atom is -0.349 e. The summed E-state index contributed by atoms with van der Waals surface area (Å²) >= 11 is 0. The molecule has 1 aromatic heterocycles. The third-order valence-corrected chi connectivity index (χ3v) is 6.25. The van der Waals surface area contributed by atoms with Crippen molar-refractivity contribution in [2.75, 3.05) is 0 Å². The topological polar surface area (TPSA) is 84.3 Å². The third kappa shape index (κ3) is 4.40. The molecule has 1 heterocycles. The molecule has 0 unspecified atom stereocenters. The molecule has 3 aromatic rings. The highest BCUT2D eigenvalue weighted by molar-refractivity contribution is 6.05. The Balaban J connectivity index is 1.44. The second kappa shape index (κ2) is 8.46. The van der Waals surface area contributed by atoms with E-state index >= 15 is 0 Å². The Bertz CT molecular complexity index is 1270. The van der Waals surface area contributed by atoms with Crippen LogP contribution in [0.1, 0.15) is 72.0 Å². The summed E-state index contributed by atoms with van der Waals surface area (Å²) in [5.41, 5.74) is 1.72. The fourth-order valence-electron chi connectivity index (χ4n) is 4.06. The molecule has 2 saturated carbocycles. The van der Waals surface area contributed by atoms with Gasteiger partial charge in [-0.25, -0.2) is 4.68 Å². The Kier molecular flexibility index (Phi) is 5.48. The normalized spacial score (nSPS) is 15.6. The van der Waals surface area contributed by atoms with Crippen LogP contribution in [0.4, 0.5) is 0 Å². The fourth-order valence-corrected chi connectivity index (χ4v) is 4.06. The maximum Gasteiger partial charge on any atom is 0.275 e. The first-order valence-electron chi connectivity index (χ1n) is 11.6. The molecule has 33 heavy (non-hydrogen) atoms. The summed E-state index contributed by atoms with van der Waals surface area (Å²) in [5, 5.41) is 8.59. The predicted octanol–water partition coefficient (Wildman–Crippen LogP) is 3.67. The average molecular weight is 445 g/mol. The lowest BCUT2D eigenvalue weighted by atomic mass is 10.1. The number of aromatic nitrogens is 2. The Morgan fingerprint density at radius 1 is 1.03 bits per heavy atom. The van der Waals surface area contributed by atoms with E-state index < -0.39 is 0 Å². The van der Waals surface area contributed by atoms with Gasteiger partial charge in [0.15, 0.2) is 5.69 Å². The van der Waals surface area contributed by atoms with Crippen molar-refractivity contribution in [1.29, 1.82) is 0 Å². The molecule has 2 aromatic carbocycles. The van der Waals surface area contributed by atoms with Crippen LogP contribution in [-0.4, -0.2) is 38.6 Å². The Hall–Kier alpha value is -3.48. The molecular weight excluding hydrogens is 416 g/mol. The molecule has 7 heteroatoms. The zero-order valence-electron chi connectivity index (χ0n) is 19.0.